The van der Waals surface area contributed by atoms with Crippen molar-refractivity contribution in [2.24, 2.45) is 0 Å². The molecule has 0 saturated heterocycles. The number of sulfonamides is 1. The average Bonchev–Trinajstić information content (AvgIpc) is 3.21. The van der Waals surface area contributed by atoms with Crippen LogP contribution in [0.25, 0.3) is 0 Å². The number of hydrogen-bond acceptors (Lipinski definition) is 4. The van der Waals surface area contributed by atoms with Crippen LogP contribution in [-0.2, 0) is 14.8 Å². The van der Waals surface area contributed by atoms with E-state index in [0.29, 0.717) is 25.1 Å². The molecule has 1 fully saturated rings. The van der Waals surface area contributed by atoms with Crippen LogP contribution in [0.3, 0.4) is 0 Å². The van der Waals surface area contributed by atoms with Crippen LogP contribution in [0.5, 0.6) is 0 Å². The minimum Gasteiger partial charge on any atom is -0.481 e. The molecule has 0 unspecified atom stereocenters. The Morgan fingerprint density at radius 2 is 1.95 bits per heavy atom. The number of hydrogen-bond donors (Lipinski definition) is 3. The first kappa shape index (κ1) is 15.8. The van der Waals surface area contributed by atoms with Gasteiger partial charge in [-0.2, -0.15) is 0 Å². The first-order valence-corrected chi connectivity index (χ1v) is 8.54. The molecule has 3 N–H and O–H groups in total. The predicted molar refractivity (Wildman–Crippen MR) is 79.8 cm³/mol. The lowest BCUT2D eigenvalue weighted by Gasteiger charge is -2.12. The standard InChI is InChI=1S/C14H20N2O4S/c17-14(18)7-3-4-10-15-12-5-1-2-6-13(12)21(19,20)16-11-8-9-11/h1-2,5-6,11,15-16H,3-4,7-10H2,(H,17,18). The topological polar surface area (TPSA) is 95.5 Å². The summed E-state index contributed by atoms with van der Waals surface area (Å²) in [5.41, 5.74) is 0.556. The summed E-state index contributed by atoms with van der Waals surface area (Å²) < 4.78 is 27.2. The third-order valence-electron chi connectivity index (χ3n) is 3.21. The normalized spacial score (nSPS) is 14.9. The molecule has 2 rings (SSSR count). The minimum atomic E-state index is -3.49. The summed E-state index contributed by atoms with van der Waals surface area (Å²) in [5.74, 6) is -0.813. The summed E-state index contributed by atoms with van der Waals surface area (Å²) in [7, 11) is -3.49. The van der Waals surface area contributed by atoms with E-state index in [4.69, 9.17) is 5.11 Å². The molecule has 0 aliphatic heterocycles. The van der Waals surface area contributed by atoms with Crippen molar-refractivity contribution in [3.05, 3.63) is 24.3 Å². The van der Waals surface area contributed by atoms with E-state index in [0.717, 1.165) is 12.8 Å². The van der Waals surface area contributed by atoms with Gasteiger partial charge in [-0.05, 0) is 37.8 Å². The summed E-state index contributed by atoms with van der Waals surface area (Å²) in [4.78, 5) is 10.7. The van der Waals surface area contributed by atoms with Gasteiger partial charge >= 0.3 is 5.97 Å². The van der Waals surface area contributed by atoms with Gasteiger partial charge in [-0.3, -0.25) is 4.79 Å². The monoisotopic (exact) mass is 312 g/mol. The highest BCUT2D eigenvalue weighted by atomic mass is 32.2. The summed E-state index contributed by atoms with van der Waals surface area (Å²) in [6.45, 7) is 0.545. The number of anilines is 1. The van der Waals surface area contributed by atoms with E-state index < -0.39 is 16.0 Å². The molecule has 0 heterocycles. The van der Waals surface area contributed by atoms with Gasteiger partial charge in [-0.1, -0.05) is 12.1 Å². The molecular formula is C14H20N2O4S. The number of carboxylic acids is 1. The first-order valence-electron chi connectivity index (χ1n) is 7.06. The van der Waals surface area contributed by atoms with E-state index >= 15 is 0 Å². The van der Waals surface area contributed by atoms with Gasteiger partial charge in [0.05, 0.1) is 5.69 Å². The summed E-state index contributed by atoms with van der Waals surface area (Å²) >= 11 is 0. The second-order valence-electron chi connectivity index (χ2n) is 5.17. The number of aliphatic carboxylic acids is 1. The highest BCUT2D eigenvalue weighted by Gasteiger charge is 2.29. The van der Waals surface area contributed by atoms with Crippen LogP contribution < -0.4 is 10.0 Å². The Bertz CT molecular complexity index is 597. The molecule has 7 heteroatoms. The predicted octanol–water partition coefficient (Wildman–Crippen LogP) is 1.79. The molecule has 0 atom stereocenters. The van der Waals surface area contributed by atoms with Crippen LogP contribution in [0.4, 0.5) is 5.69 Å². The number of para-hydroxylation sites is 1. The van der Waals surface area contributed by atoms with Crippen molar-refractivity contribution in [1.29, 1.82) is 0 Å². The maximum atomic E-state index is 12.3. The molecule has 1 aliphatic carbocycles. The Morgan fingerprint density at radius 3 is 2.62 bits per heavy atom. The lowest BCUT2D eigenvalue weighted by Crippen LogP contribution is -2.26. The van der Waals surface area contributed by atoms with Crippen molar-refractivity contribution in [2.75, 3.05) is 11.9 Å². The molecule has 21 heavy (non-hydrogen) atoms. The molecule has 1 aromatic rings. The van der Waals surface area contributed by atoms with Gasteiger partial charge in [0.2, 0.25) is 10.0 Å². The molecule has 0 aromatic heterocycles. The van der Waals surface area contributed by atoms with Crippen LogP contribution in [0.15, 0.2) is 29.2 Å². The first-order chi connectivity index (χ1) is 9.99. The quantitative estimate of drug-likeness (QED) is 0.604. The number of nitrogens with one attached hydrogen (secondary N) is 2. The van der Waals surface area contributed by atoms with E-state index in [1.807, 2.05) is 0 Å². The Hall–Kier alpha value is -1.60. The van der Waals surface area contributed by atoms with Gasteiger partial charge in [-0.15, -0.1) is 0 Å². The van der Waals surface area contributed by atoms with Gasteiger partial charge in [0, 0.05) is 19.0 Å². The number of carboxylic acid groups (broad SMARTS) is 1. The Labute approximate surface area is 124 Å². The summed E-state index contributed by atoms with van der Waals surface area (Å²) in [6.07, 6.45) is 3.16. The zero-order valence-corrected chi connectivity index (χ0v) is 12.5. The fourth-order valence-corrected chi connectivity index (χ4v) is 3.44. The van der Waals surface area contributed by atoms with Crippen LogP contribution in [0, 0.1) is 0 Å². The van der Waals surface area contributed by atoms with Crippen molar-refractivity contribution < 1.29 is 18.3 Å². The van der Waals surface area contributed by atoms with E-state index in [1.54, 1.807) is 24.3 Å². The van der Waals surface area contributed by atoms with E-state index in [1.165, 1.54) is 0 Å². The third-order valence-corrected chi connectivity index (χ3v) is 4.79. The van der Waals surface area contributed by atoms with Crippen molar-refractivity contribution >= 4 is 21.7 Å². The van der Waals surface area contributed by atoms with E-state index in [2.05, 4.69) is 10.0 Å². The molecule has 0 radical (unpaired) electrons. The average molecular weight is 312 g/mol. The number of unbranched alkanes of at least 4 members (excludes halogenated alkanes) is 1. The summed E-state index contributed by atoms with van der Waals surface area (Å²) in [5, 5.41) is 11.6. The maximum Gasteiger partial charge on any atom is 0.303 e. The lowest BCUT2D eigenvalue weighted by molar-refractivity contribution is -0.137. The molecule has 1 aliphatic rings. The molecule has 1 saturated carbocycles. The second kappa shape index (κ2) is 6.91. The smallest absolute Gasteiger partial charge is 0.303 e. The van der Waals surface area contributed by atoms with Crippen LogP contribution in [0.1, 0.15) is 32.1 Å². The summed E-state index contributed by atoms with van der Waals surface area (Å²) in [6, 6.07) is 6.83. The van der Waals surface area contributed by atoms with Crippen LogP contribution in [0.2, 0.25) is 0 Å². The van der Waals surface area contributed by atoms with Crippen molar-refractivity contribution in [1.82, 2.24) is 4.72 Å². The molecule has 0 amide bonds. The Balaban J connectivity index is 1.94. The second-order valence-corrected chi connectivity index (χ2v) is 6.85. The fraction of sp³-hybridized carbons (Fsp3) is 0.500. The number of carbonyl (C=O) groups is 1. The molecular weight excluding hydrogens is 292 g/mol. The number of benzene rings is 1. The largest absolute Gasteiger partial charge is 0.481 e. The van der Waals surface area contributed by atoms with Crippen LogP contribution in [-0.4, -0.2) is 32.1 Å². The molecule has 6 nitrogen and oxygen atoms in total. The molecule has 116 valence electrons. The maximum absolute atomic E-state index is 12.3. The highest BCUT2D eigenvalue weighted by molar-refractivity contribution is 7.89. The highest BCUT2D eigenvalue weighted by Crippen LogP contribution is 2.25. The number of rotatable bonds is 9. The van der Waals surface area contributed by atoms with Gasteiger partial charge in [0.1, 0.15) is 4.90 Å². The van der Waals surface area contributed by atoms with Crippen molar-refractivity contribution in [3.8, 4) is 0 Å². The van der Waals surface area contributed by atoms with Crippen molar-refractivity contribution in [2.45, 2.75) is 43.0 Å². The van der Waals surface area contributed by atoms with Crippen molar-refractivity contribution in [3.63, 3.8) is 0 Å². The molecule has 1 aromatic carbocycles. The Morgan fingerprint density at radius 1 is 1.24 bits per heavy atom. The zero-order chi connectivity index (χ0) is 15.3. The SMILES string of the molecule is O=C(O)CCCCNc1ccccc1S(=O)(=O)NC1CC1. The van der Waals surface area contributed by atoms with E-state index in [9.17, 15) is 13.2 Å². The third kappa shape index (κ3) is 5.02. The van der Waals surface area contributed by atoms with Gasteiger partial charge in [0.25, 0.3) is 0 Å². The van der Waals surface area contributed by atoms with Gasteiger partial charge in [0.15, 0.2) is 0 Å². The van der Waals surface area contributed by atoms with Gasteiger partial charge in [-0.25, -0.2) is 13.1 Å². The lowest BCUT2D eigenvalue weighted by atomic mass is 10.2. The zero-order valence-electron chi connectivity index (χ0n) is 11.7. The van der Waals surface area contributed by atoms with Crippen LogP contribution >= 0.6 is 0 Å². The molecule has 0 bridgehead atoms. The fourth-order valence-electron chi connectivity index (χ4n) is 1.96. The Kier molecular flexibility index (Phi) is 5.19. The minimum absolute atomic E-state index is 0.0682. The van der Waals surface area contributed by atoms with Gasteiger partial charge < -0.3 is 10.4 Å². The molecule has 0 spiro atoms. The van der Waals surface area contributed by atoms with E-state index in [-0.39, 0.29) is 17.4 Å².